The Bertz CT molecular complexity index is 824. The van der Waals surface area contributed by atoms with E-state index in [1.807, 2.05) is 11.4 Å². The lowest BCUT2D eigenvalue weighted by Crippen LogP contribution is -2.32. The zero-order chi connectivity index (χ0) is 18.5. The summed E-state index contributed by atoms with van der Waals surface area (Å²) >= 11 is 1.40. The van der Waals surface area contributed by atoms with Gasteiger partial charge in [-0.1, -0.05) is 0 Å². The molecule has 3 rings (SSSR count). The lowest BCUT2D eigenvalue weighted by molar-refractivity contribution is 0.0948. The minimum atomic E-state index is -0.560. The largest absolute Gasteiger partial charge is 0.427 e. The van der Waals surface area contributed by atoms with Gasteiger partial charge in [-0.2, -0.15) is 0 Å². The molecule has 3 heterocycles. The van der Waals surface area contributed by atoms with Crippen LogP contribution in [0.4, 0.5) is 5.13 Å². The summed E-state index contributed by atoms with van der Waals surface area (Å²) in [6, 6.07) is 1.83. The number of aryl methyl sites for hydroxylation is 2. The Balaban J connectivity index is 1.59. The number of aromatic nitrogens is 1. The van der Waals surface area contributed by atoms with Crippen molar-refractivity contribution in [2.24, 2.45) is 0 Å². The van der Waals surface area contributed by atoms with Gasteiger partial charge >= 0.3 is 5.63 Å². The predicted octanol–water partition coefficient (Wildman–Crippen LogP) is 1.82. The Kier molecular flexibility index (Phi) is 6.05. The predicted molar refractivity (Wildman–Crippen MR) is 102 cm³/mol. The first-order valence-corrected chi connectivity index (χ1v) is 9.76. The third kappa shape index (κ3) is 4.50. The van der Waals surface area contributed by atoms with E-state index in [1.54, 1.807) is 6.92 Å². The summed E-state index contributed by atoms with van der Waals surface area (Å²) in [7, 11) is 0. The molecule has 1 amide bonds. The second-order valence-electron chi connectivity index (χ2n) is 6.57. The van der Waals surface area contributed by atoms with Crippen molar-refractivity contribution in [2.45, 2.75) is 38.5 Å². The van der Waals surface area contributed by atoms with E-state index in [9.17, 15) is 9.59 Å². The Morgan fingerprint density at radius 3 is 3.04 bits per heavy atom. The van der Waals surface area contributed by atoms with Gasteiger partial charge in [0.25, 0.3) is 5.91 Å². The van der Waals surface area contributed by atoms with E-state index in [2.05, 4.69) is 15.6 Å². The van der Waals surface area contributed by atoms with E-state index >= 15 is 0 Å². The fourth-order valence-corrected chi connectivity index (χ4v) is 3.80. The van der Waals surface area contributed by atoms with Gasteiger partial charge in [-0.15, -0.1) is 11.3 Å². The van der Waals surface area contributed by atoms with Gasteiger partial charge in [0.1, 0.15) is 11.3 Å². The van der Waals surface area contributed by atoms with Crippen LogP contribution in [0.25, 0.3) is 0 Å². The number of nitrogen functional groups attached to an aromatic ring is 1. The fourth-order valence-electron chi connectivity index (χ4n) is 3.20. The zero-order valence-electron chi connectivity index (χ0n) is 14.8. The zero-order valence-corrected chi connectivity index (χ0v) is 15.7. The molecule has 7 nitrogen and oxygen atoms in total. The van der Waals surface area contributed by atoms with Gasteiger partial charge in [0.05, 0.1) is 5.69 Å². The summed E-state index contributed by atoms with van der Waals surface area (Å²) in [6.45, 7) is 4.04. The maximum absolute atomic E-state index is 12.4. The molecule has 2 aromatic heterocycles. The molecule has 0 saturated carbocycles. The topological polar surface area (TPSA) is 110 Å². The Hall–Kier alpha value is -2.19. The summed E-state index contributed by atoms with van der Waals surface area (Å²) in [5.74, 6) is 0.470. The average molecular weight is 376 g/mol. The van der Waals surface area contributed by atoms with Gasteiger partial charge in [0, 0.05) is 24.4 Å². The molecule has 26 heavy (non-hydrogen) atoms. The molecule has 2 aromatic rings. The monoisotopic (exact) mass is 376 g/mol. The SMILES string of the molecule is Cc1cc(C2CCCNC2)oc(=O)c1C(=O)NCCCc1csc(N)n1. The molecule has 0 bridgehead atoms. The quantitative estimate of drug-likeness (QED) is 0.663. The lowest BCUT2D eigenvalue weighted by atomic mass is 9.95. The van der Waals surface area contributed by atoms with Gasteiger partial charge in [-0.05, 0) is 50.8 Å². The van der Waals surface area contributed by atoms with E-state index in [0.29, 0.717) is 23.0 Å². The highest BCUT2D eigenvalue weighted by molar-refractivity contribution is 7.13. The normalized spacial score (nSPS) is 17.2. The second-order valence-corrected chi connectivity index (χ2v) is 7.46. The number of rotatable bonds is 6. The highest BCUT2D eigenvalue weighted by atomic mass is 32.1. The lowest BCUT2D eigenvalue weighted by Gasteiger charge is -2.22. The number of nitrogens with one attached hydrogen (secondary N) is 2. The molecule has 1 fully saturated rings. The first kappa shape index (κ1) is 18.6. The van der Waals surface area contributed by atoms with E-state index < -0.39 is 5.63 Å². The van der Waals surface area contributed by atoms with Crippen LogP contribution in [-0.4, -0.2) is 30.5 Å². The summed E-state index contributed by atoms with van der Waals surface area (Å²) in [5, 5.41) is 8.55. The van der Waals surface area contributed by atoms with Crippen molar-refractivity contribution in [2.75, 3.05) is 25.4 Å². The molecule has 1 unspecified atom stereocenters. The van der Waals surface area contributed by atoms with Crippen LogP contribution in [0.3, 0.4) is 0 Å². The highest BCUT2D eigenvalue weighted by Gasteiger charge is 2.22. The number of anilines is 1. The highest BCUT2D eigenvalue weighted by Crippen LogP contribution is 2.23. The van der Waals surface area contributed by atoms with Crippen LogP contribution in [0, 0.1) is 6.92 Å². The molecule has 140 valence electrons. The van der Waals surface area contributed by atoms with E-state index in [-0.39, 0.29) is 17.4 Å². The van der Waals surface area contributed by atoms with Crippen molar-refractivity contribution in [3.63, 3.8) is 0 Å². The maximum Gasteiger partial charge on any atom is 0.349 e. The minimum absolute atomic E-state index is 0.0930. The summed E-state index contributed by atoms with van der Waals surface area (Å²) < 4.78 is 5.45. The Morgan fingerprint density at radius 2 is 2.38 bits per heavy atom. The molecule has 0 radical (unpaired) electrons. The average Bonchev–Trinajstić information content (AvgIpc) is 3.04. The van der Waals surface area contributed by atoms with Gasteiger partial charge < -0.3 is 20.8 Å². The van der Waals surface area contributed by atoms with E-state index in [0.717, 1.165) is 44.5 Å². The minimum Gasteiger partial charge on any atom is -0.427 e. The number of carbonyl (C=O) groups is 1. The molecular formula is C18H24N4O3S. The summed E-state index contributed by atoms with van der Waals surface area (Å²) in [5.41, 5.74) is 6.71. The van der Waals surface area contributed by atoms with Crippen molar-refractivity contribution in [3.8, 4) is 0 Å². The summed E-state index contributed by atoms with van der Waals surface area (Å²) in [6.07, 6.45) is 3.50. The molecule has 0 spiro atoms. The van der Waals surface area contributed by atoms with Crippen LogP contribution in [0.15, 0.2) is 20.7 Å². The third-order valence-corrected chi connectivity index (χ3v) is 5.28. The van der Waals surface area contributed by atoms with Crippen molar-refractivity contribution >= 4 is 22.4 Å². The smallest absolute Gasteiger partial charge is 0.349 e. The number of piperidine rings is 1. The van der Waals surface area contributed by atoms with Gasteiger partial charge in [-0.25, -0.2) is 9.78 Å². The number of carbonyl (C=O) groups excluding carboxylic acids is 1. The first-order valence-electron chi connectivity index (χ1n) is 8.88. The number of nitrogens with zero attached hydrogens (tertiary/aromatic N) is 1. The van der Waals surface area contributed by atoms with E-state index in [1.165, 1.54) is 11.3 Å². The van der Waals surface area contributed by atoms with Gasteiger partial charge in [0.15, 0.2) is 5.13 Å². The molecular weight excluding hydrogens is 352 g/mol. The first-order chi connectivity index (χ1) is 12.5. The molecule has 1 aliphatic heterocycles. The molecule has 4 N–H and O–H groups in total. The molecule has 1 aliphatic rings. The van der Waals surface area contributed by atoms with Crippen LogP contribution in [0.2, 0.25) is 0 Å². The van der Waals surface area contributed by atoms with Crippen molar-refractivity contribution in [3.05, 3.63) is 44.4 Å². The van der Waals surface area contributed by atoms with E-state index in [4.69, 9.17) is 10.2 Å². The molecule has 1 saturated heterocycles. The number of hydrogen-bond acceptors (Lipinski definition) is 7. The maximum atomic E-state index is 12.4. The third-order valence-electron chi connectivity index (χ3n) is 4.56. The number of hydrogen-bond donors (Lipinski definition) is 3. The number of thiazole rings is 1. The van der Waals surface area contributed by atoms with Gasteiger partial charge in [0.2, 0.25) is 0 Å². The van der Waals surface area contributed by atoms with Crippen molar-refractivity contribution in [1.82, 2.24) is 15.6 Å². The van der Waals surface area contributed by atoms with Crippen LogP contribution < -0.4 is 22.0 Å². The van der Waals surface area contributed by atoms with Gasteiger partial charge in [-0.3, -0.25) is 4.79 Å². The Morgan fingerprint density at radius 1 is 1.54 bits per heavy atom. The van der Waals surface area contributed by atoms with Crippen LogP contribution in [-0.2, 0) is 6.42 Å². The molecule has 0 aromatic carbocycles. The van der Waals surface area contributed by atoms with Crippen molar-refractivity contribution in [1.29, 1.82) is 0 Å². The van der Waals surface area contributed by atoms with Crippen molar-refractivity contribution < 1.29 is 9.21 Å². The second kappa shape index (κ2) is 8.46. The summed E-state index contributed by atoms with van der Waals surface area (Å²) in [4.78, 5) is 28.9. The van der Waals surface area contributed by atoms with Crippen LogP contribution in [0.1, 0.15) is 52.6 Å². The molecule has 0 aliphatic carbocycles. The molecule has 8 heteroatoms. The fraction of sp³-hybridized carbons (Fsp3) is 0.500. The number of amides is 1. The van der Waals surface area contributed by atoms with Crippen LogP contribution >= 0.6 is 11.3 Å². The number of nitrogens with two attached hydrogens (primary N) is 1. The van der Waals surface area contributed by atoms with Crippen LogP contribution in [0.5, 0.6) is 0 Å². The molecule has 1 atom stereocenters. The Labute approximate surface area is 156 Å². The standard InChI is InChI=1S/C18H24N4O3S/c1-11-8-14(12-4-2-6-20-9-12)25-17(24)15(11)16(23)21-7-3-5-13-10-26-18(19)22-13/h8,10,12,20H,2-7,9H2,1H3,(H2,19,22)(H,21,23).